The Morgan fingerprint density at radius 2 is 2.19 bits per heavy atom. The number of hydrogen-bond acceptors (Lipinski definition) is 8. The molecule has 1 N–H and O–H groups in total. The second kappa shape index (κ2) is 10.5. The van der Waals surface area contributed by atoms with Crippen LogP contribution in [0, 0.1) is 0 Å². The van der Waals surface area contributed by atoms with Crippen LogP contribution in [0.5, 0.6) is 0 Å². The van der Waals surface area contributed by atoms with Crippen LogP contribution in [0.4, 0.5) is 5.13 Å². The van der Waals surface area contributed by atoms with Crippen molar-refractivity contribution in [3.63, 3.8) is 0 Å². The van der Waals surface area contributed by atoms with Gasteiger partial charge >= 0.3 is 0 Å². The normalized spacial score (nSPS) is 23.3. The van der Waals surface area contributed by atoms with Gasteiger partial charge in [0.25, 0.3) is 0 Å². The molecule has 1 amide bonds. The summed E-state index contributed by atoms with van der Waals surface area (Å²) in [6.45, 7) is 1.53. The van der Waals surface area contributed by atoms with Gasteiger partial charge in [0.15, 0.2) is 10.1 Å². The molecule has 2 aromatic rings. The predicted octanol–water partition coefficient (Wildman–Crippen LogP) is 4.37. The van der Waals surface area contributed by atoms with Gasteiger partial charge in [-0.1, -0.05) is 52.9 Å². The third-order valence-corrected chi connectivity index (χ3v) is 8.48. The molecule has 0 spiro atoms. The lowest BCUT2D eigenvalue weighted by Crippen LogP contribution is -2.54. The number of anilines is 1. The number of hydrogen-bond donors (Lipinski definition) is 1. The van der Waals surface area contributed by atoms with Crippen LogP contribution in [-0.2, 0) is 19.9 Å². The summed E-state index contributed by atoms with van der Waals surface area (Å²) in [5, 5.41) is 12.8. The summed E-state index contributed by atoms with van der Waals surface area (Å²) in [7, 11) is 1.71. The molecule has 7 nitrogen and oxygen atoms in total. The zero-order valence-electron chi connectivity index (χ0n) is 18.0. The minimum absolute atomic E-state index is 0.0502. The molecule has 32 heavy (non-hydrogen) atoms. The van der Waals surface area contributed by atoms with Gasteiger partial charge in [0.2, 0.25) is 11.0 Å². The Kier molecular flexibility index (Phi) is 7.70. The van der Waals surface area contributed by atoms with Crippen LogP contribution in [-0.4, -0.2) is 58.8 Å². The zero-order valence-corrected chi connectivity index (χ0v) is 20.4. The number of halogens is 1. The molecule has 4 rings (SSSR count). The predicted molar refractivity (Wildman–Crippen MR) is 127 cm³/mol. The Labute approximate surface area is 201 Å². The molecule has 10 heteroatoms. The molecule has 2 atom stereocenters. The SMILES string of the molecule is CN(C(=O)CSc1nnc(NC[C@@H]2CCCO2)s1)[C@]1(c2ccccc2Cl)CCCCC1=O. The number of nitrogens with zero attached hydrogens (tertiary/aromatic N) is 3. The molecular formula is C22H27ClN4O3S2. The summed E-state index contributed by atoms with van der Waals surface area (Å²) in [5.74, 6) is 0.0968. The minimum Gasteiger partial charge on any atom is -0.376 e. The summed E-state index contributed by atoms with van der Waals surface area (Å²) in [4.78, 5) is 28.0. The molecule has 2 heterocycles. The van der Waals surface area contributed by atoms with Crippen molar-refractivity contribution in [2.24, 2.45) is 0 Å². The van der Waals surface area contributed by atoms with Gasteiger partial charge in [0, 0.05) is 37.2 Å². The first-order chi connectivity index (χ1) is 15.5. The van der Waals surface area contributed by atoms with E-state index >= 15 is 0 Å². The van der Waals surface area contributed by atoms with Crippen LogP contribution >= 0.6 is 34.7 Å². The van der Waals surface area contributed by atoms with Crippen LogP contribution in [0.3, 0.4) is 0 Å². The van der Waals surface area contributed by atoms with Crippen LogP contribution in [0.1, 0.15) is 44.1 Å². The van der Waals surface area contributed by atoms with E-state index in [9.17, 15) is 9.59 Å². The van der Waals surface area contributed by atoms with Crippen LogP contribution in [0.2, 0.25) is 5.02 Å². The number of likely N-dealkylation sites (N-methyl/N-ethyl adjacent to an activating group) is 1. The number of amides is 1. The van der Waals surface area contributed by atoms with E-state index in [0.29, 0.717) is 34.3 Å². The lowest BCUT2D eigenvalue weighted by atomic mass is 9.74. The summed E-state index contributed by atoms with van der Waals surface area (Å²) in [6.07, 6.45) is 5.12. The second-order valence-electron chi connectivity index (χ2n) is 8.10. The van der Waals surface area contributed by atoms with E-state index in [1.165, 1.54) is 23.1 Å². The Morgan fingerprint density at radius 1 is 1.34 bits per heavy atom. The Morgan fingerprint density at radius 3 is 2.94 bits per heavy atom. The number of rotatable bonds is 8. The lowest BCUT2D eigenvalue weighted by molar-refractivity contribution is -0.146. The Balaban J connectivity index is 1.41. The molecule has 2 aliphatic rings. The molecule has 1 saturated carbocycles. The van der Waals surface area contributed by atoms with E-state index in [2.05, 4.69) is 15.5 Å². The van der Waals surface area contributed by atoms with Gasteiger partial charge in [0.1, 0.15) is 5.54 Å². The highest BCUT2D eigenvalue weighted by atomic mass is 35.5. The van der Waals surface area contributed by atoms with Crippen molar-refractivity contribution in [2.75, 3.05) is 31.3 Å². The maximum atomic E-state index is 13.2. The number of benzene rings is 1. The number of Topliss-reactive ketones (excluding diaryl/α,β-unsaturated/α-hetero) is 1. The van der Waals surface area contributed by atoms with Crippen LogP contribution < -0.4 is 5.32 Å². The fourth-order valence-electron chi connectivity index (χ4n) is 4.41. The average Bonchev–Trinajstić information content (AvgIpc) is 3.48. The van der Waals surface area contributed by atoms with E-state index in [0.717, 1.165) is 37.4 Å². The number of aromatic nitrogens is 2. The monoisotopic (exact) mass is 494 g/mol. The first-order valence-corrected chi connectivity index (χ1v) is 13.1. The van der Waals surface area contributed by atoms with E-state index in [1.807, 2.05) is 18.2 Å². The first kappa shape index (κ1) is 23.5. The molecule has 0 bridgehead atoms. The number of carbonyl (C=O) groups is 2. The zero-order chi connectivity index (χ0) is 22.6. The molecule has 1 aromatic carbocycles. The molecule has 2 fully saturated rings. The molecule has 0 unspecified atom stereocenters. The third kappa shape index (κ3) is 4.95. The van der Waals surface area contributed by atoms with Crippen molar-refractivity contribution in [3.8, 4) is 0 Å². The van der Waals surface area contributed by atoms with E-state index < -0.39 is 5.54 Å². The van der Waals surface area contributed by atoms with Gasteiger partial charge in [0.05, 0.1) is 11.9 Å². The smallest absolute Gasteiger partial charge is 0.233 e. The van der Waals surface area contributed by atoms with E-state index in [1.54, 1.807) is 18.0 Å². The number of ketones is 1. The van der Waals surface area contributed by atoms with Gasteiger partial charge < -0.3 is 15.0 Å². The van der Waals surface area contributed by atoms with Crippen molar-refractivity contribution < 1.29 is 14.3 Å². The summed E-state index contributed by atoms with van der Waals surface area (Å²) in [6, 6.07) is 7.34. The molecule has 0 radical (unpaired) electrons. The second-order valence-corrected chi connectivity index (χ2v) is 10.7. The fraction of sp³-hybridized carbons (Fsp3) is 0.545. The average molecular weight is 495 g/mol. The number of thioether (sulfide) groups is 1. The highest BCUT2D eigenvalue weighted by molar-refractivity contribution is 8.01. The summed E-state index contributed by atoms with van der Waals surface area (Å²) >= 11 is 9.24. The summed E-state index contributed by atoms with van der Waals surface area (Å²) < 4.78 is 6.32. The van der Waals surface area contributed by atoms with Crippen molar-refractivity contribution in [2.45, 2.75) is 54.5 Å². The van der Waals surface area contributed by atoms with Crippen molar-refractivity contribution >= 4 is 51.5 Å². The maximum Gasteiger partial charge on any atom is 0.233 e. The molecule has 1 aromatic heterocycles. The van der Waals surface area contributed by atoms with E-state index in [-0.39, 0.29) is 23.5 Å². The molecule has 1 saturated heterocycles. The van der Waals surface area contributed by atoms with Crippen molar-refractivity contribution in [1.29, 1.82) is 0 Å². The van der Waals surface area contributed by atoms with E-state index in [4.69, 9.17) is 16.3 Å². The fourth-order valence-corrected chi connectivity index (χ4v) is 6.37. The number of carbonyl (C=O) groups excluding carboxylic acids is 2. The van der Waals surface area contributed by atoms with Gasteiger partial charge in [-0.3, -0.25) is 9.59 Å². The summed E-state index contributed by atoms with van der Waals surface area (Å²) in [5.41, 5.74) is -0.299. The minimum atomic E-state index is -1.01. The highest BCUT2D eigenvalue weighted by Gasteiger charge is 2.47. The lowest BCUT2D eigenvalue weighted by Gasteiger charge is -2.44. The van der Waals surface area contributed by atoms with Gasteiger partial charge in [-0.2, -0.15) is 0 Å². The topological polar surface area (TPSA) is 84.4 Å². The molecule has 172 valence electrons. The third-order valence-electron chi connectivity index (χ3n) is 6.15. The van der Waals surface area contributed by atoms with Crippen LogP contribution in [0.15, 0.2) is 28.6 Å². The quantitative estimate of drug-likeness (QED) is 0.545. The largest absolute Gasteiger partial charge is 0.376 e. The Hall–Kier alpha value is -1.68. The van der Waals surface area contributed by atoms with Gasteiger partial charge in [-0.25, -0.2) is 0 Å². The van der Waals surface area contributed by atoms with Crippen LogP contribution in [0.25, 0.3) is 0 Å². The molecule has 1 aliphatic carbocycles. The first-order valence-electron chi connectivity index (χ1n) is 10.9. The van der Waals surface area contributed by atoms with Gasteiger partial charge in [-0.15, -0.1) is 10.2 Å². The standard InChI is InChI=1S/C22H27ClN4O3S2/c1-27(22(11-5-4-10-18(22)28)16-8-2-3-9-17(16)23)19(29)14-31-21-26-25-20(32-21)24-13-15-7-6-12-30-15/h2-3,8-9,15H,4-7,10-14H2,1H3,(H,24,25)/t15-,22-/m0/s1. The highest BCUT2D eigenvalue weighted by Crippen LogP contribution is 2.42. The van der Waals surface area contributed by atoms with Crippen molar-refractivity contribution in [3.05, 3.63) is 34.9 Å². The molecule has 1 aliphatic heterocycles. The van der Waals surface area contributed by atoms with Crippen molar-refractivity contribution in [1.82, 2.24) is 15.1 Å². The number of nitrogens with one attached hydrogen (secondary N) is 1. The maximum absolute atomic E-state index is 13.2. The number of ether oxygens (including phenoxy) is 1. The Bertz CT molecular complexity index is 966. The van der Waals surface area contributed by atoms with Gasteiger partial charge in [-0.05, 0) is 38.2 Å². The molecular weight excluding hydrogens is 468 g/mol.